The van der Waals surface area contributed by atoms with Crippen molar-refractivity contribution in [2.24, 2.45) is 0 Å². The molecule has 0 aliphatic carbocycles. The lowest BCUT2D eigenvalue weighted by Crippen LogP contribution is -2.46. The van der Waals surface area contributed by atoms with Gasteiger partial charge in [-0.15, -0.1) is 0 Å². The lowest BCUT2D eigenvalue weighted by Gasteiger charge is -2.35. The average Bonchev–Trinajstić information content (AvgIpc) is 3.17. The number of nitro benzene ring substituents is 1. The van der Waals surface area contributed by atoms with Crippen molar-refractivity contribution in [2.45, 2.75) is 6.54 Å². The number of non-ortho nitro benzene ring substituents is 1. The molecule has 3 aromatic rings. The first-order chi connectivity index (χ1) is 14.0. The summed E-state index contributed by atoms with van der Waals surface area (Å²) in [6, 6.07) is 11.8. The number of benzene rings is 2. The van der Waals surface area contributed by atoms with Gasteiger partial charge in [0.05, 0.1) is 22.2 Å². The third-order valence-electron chi connectivity index (χ3n) is 4.78. The highest BCUT2D eigenvalue weighted by Crippen LogP contribution is 2.30. The van der Waals surface area contributed by atoms with Gasteiger partial charge >= 0.3 is 0 Å². The van der Waals surface area contributed by atoms with Crippen molar-refractivity contribution < 1.29 is 9.45 Å². The van der Waals surface area contributed by atoms with E-state index in [2.05, 4.69) is 19.9 Å². The van der Waals surface area contributed by atoms with E-state index in [-0.39, 0.29) is 5.69 Å². The molecular formula is C19H17Cl2N5O3. The van der Waals surface area contributed by atoms with Crippen LogP contribution < -0.4 is 4.90 Å². The zero-order chi connectivity index (χ0) is 20.4. The second-order valence-corrected chi connectivity index (χ2v) is 7.52. The van der Waals surface area contributed by atoms with E-state index in [9.17, 15) is 10.1 Å². The van der Waals surface area contributed by atoms with Crippen molar-refractivity contribution in [3.8, 4) is 11.4 Å². The molecule has 1 aliphatic heterocycles. The highest BCUT2D eigenvalue weighted by molar-refractivity contribution is 6.33. The van der Waals surface area contributed by atoms with Crippen LogP contribution in [0.25, 0.3) is 11.4 Å². The molecule has 29 heavy (non-hydrogen) atoms. The number of nitro groups is 1. The van der Waals surface area contributed by atoms with E-state index in [0.29, 0.717) is 28.3 Å². The maximum Gasteiger partial charge on any atom is 0.271 e. The summed E-state index contributed by atoms with van der Waals surface area (Å²) in [5.74, 6) is 1.09. The molecule has 8 nitrogen and oxygen atoms in total. The lowest BCUT2D eigenvalue weighted by atomic mass is 10.2. The Hall–Kier alpha value is -2.68. The van der Waals surface area contributed by atoms with Crippen LogP contribution in [0.2, 0.25) is 10.0 Å². The first-order valence-electron chi connectivity index (χ1n) is 8.99. The van der Waals surface area contributed by atoms with Crippen LogP contribution in [-0.2, 0) is 6.54 Å². The fourth-order valence-electron chi connectivity index (χ4n) is 3.24. The summed E-state index contributed by atoms with van der Waals surface area (Å²) in [5, 5.41) is 15.9. The number of halogens is 2. The minimum Gasteiger partial charge on any atom is -0.368 e. The van der Waals surface area contributed by atoms with Gasteiger partial charge in [-0.2, -0.15) is 4.98 Å². The van der Waals surface area contributed by atoms with E-state index in [1.807, 2.05) is 12.1 Å². The van der Waals surface area contributed by atoms with Crippen LogP contribution in [-0.4, -0.2) is 46.1 Å². The molecule has 4 rings (SSSR count). The summed E-state index contributed by atoms with van der Waals surface area (Å²) >= 11 is 12.1. The average molecular weight is 434 g/mol. The van der Waals surface area contributed by atoms with Gasteiger partial charge in [0, 0.05) is 48.9 Å². The van der Waals surface area contributed by atoms with E-state index in [1.165, 1.54) is 12.1 Å². The molecule has 0 amide bonds. The SMILES string of the molecule is O=[N+]([O-])c1ccc(N2CCN(Cc3nc(-c4ccc(Cl)cc4)no3)CC2)c(Cl)c1. The zero-order valence-electron chi connectivity index (χ0n) is 15.3. The second-order valence-electron chi connectivity index (χ2n) is 6.67. The Morgan fingerprint density at radius 2 is 1.79 bits per heavy atom. The molecule has 1 aromatic heterocycles. The van der Waals surface area contributed by atoms with Crippen molar-refractivity contribution in [3.63, 3.8) is 0 Å². The molecular weight excluding hydrogens is 417 g/mol. The summed E-state index contributed by atoms with van der Waals surface area (Å²) in [5.41, 5.74) is 1.65. The molecule has 1 fully saturated rings. The molecule has 0 bridgehead atoms. The standard InChI is InChI=1S/C19H17Cl2N5O3/c20-14-3-1-13(2-4-14)19-22-18(29-23-19)12-24-7-9-25(10-8-24)17-6-5-15(26(27)28)11-16(17)21/h1-6,11H,7-10,12H2. The van der Waals surface area contributed by atoms with E-state index in [1.54, 1.807) is 18.2 Å². The van der Waals surface area contributed by atoms with Gasteiger partial charge in [0.2, 0.25) is 11.7 Å². The van der Waals surface area contributed by atoms with Crippen LogP contribution in [0.5, 0.6) is 0 Å². The van der Waals surface area contributed by atoms with Gasteiger partial charge in [0.1, 0.15) is 0 Å². The van der Waals surface area contributed by atoms with E-state index < -0.39 is 4.92 Å². The van der Waals surface area contributed by atoms with Crippen LogP contribution in [0.4, 0.5) is 11.4 Å². The third kappa shape index (κ3) is 4.50. The summed E-state index contributed by atoms with van der Waals surface area (Å²) in [6.45, 7) is 3.62. The maximum atomic E-state index is 10.9. The topological polar surface area (TPSA) is 88.5 Å². The van der Waals surface area contributed by atoms with Gasteiger partial charge in [0.15, 0.2) is 0 Å². The van der Waals surface area contributed by atoms with Crippen LogP contribution in [0.15, 0.2) is 47.0 Å². The van der Waals surface area contributed by atoms with Gasteiger partial charge in [-0.1, -0.05) is 28.4 Å². The molecule has 0 saturated carbocycles. The monoisotopic (exact) mass is 433 g/mol. The minimum absolute atomic E-state index is 0.00901. The van der Waals surface area contributed by atoms with Gasteiger partial charge < -0.3 is 9.42 Å². The molecule has 10 heteroatoms. The molecule has 0 N–H and O–H groups in total. The van der Waals surface area contributed by atoms with Crippen LogP contribution >= 0.6 is 23.2 Å². The normalized spacial score (nSPS) is 14.9. The molecule has 2 heterocycles. The number of aromatic nitrogens is 2. The minimum atomic E-state index is -0.448. The lowest BCUT2D eigenvalue weighted by molar-refractivity contribution is -0.384. The molecule has 1 aliphatic rings. The molecule has 2 aromatic carbocycles. The summed E-state index contributed by atoms with van der Waals surface area (Å²) in [6.07, 6.45) is 0. The Labute approximate surface area is 176 Å². The van der Waals surface area contributed by atoms with E-state index in [4.69, 9.17) is 27.7 Å². The van der Waals surface area contributed by atoms with Crippen LogP contribution in [0.3, 0.4) is 0 Å². The van der Waals surface area contributed by atoms with Crippen molar-refractivity contribution in [3.05, 3.63) is 68.5 Å². The van der Waals surface area contributed by atoms with Gasteiger partial charge in [0.25, 0.3) is 5.69 Å². The molecule has 0 spiro atoms. The number of rotatable bonds is 5. The Morgan fingerprint density at radius 3 is 2.45 bits per heavy atom. The fourth-order valence-corrected chi connectivity index (χ4v) is 3.66. The van der Waals surface area contributed by atoms with Crippen LogP contribution in [0.1, 0.15) is 5.89 Å². The van der Waals surface area contributed by atoms with Crippen LogP contribution in [0, 0.1) is 10.1 Å². The maximum absolute atomic E-state index is 10.9. The quantitative estimate of drug-likeness (QED) is 0.438. The first kappa shape index (κ1) is 19.6. The van der Waals surface area contributed by atoms with Crippen molar-refractivity contribution in [1.29, 1.82) is 0 Å². The van der Waals surface area contributed by atoms with Crippen molar-refractivity contribution in [2.75, 3.05) is 31.1 Å². The zero-order valence-corrected chi connectivity index (χ0v) is 16.8. The molecule has 0 atom stereocenters. The van der Waals surface area contributed by atoms with Gasteiger partial charge in [-0.05, 0) is 30.3 Å². The third-order valence-corrected chi connectivity index (χ3v) is 5.34. The molecule has 150 valence electrons. The number of hydrogen-bond acceptors (Lipinski definition) is 7. The van der Waals surface area contributed by atoms with Gasteiger partial charge in [-0.25, -0.2) is 0 Å². The van der Waals surface area contributed by atoms with Crippen molar-refractivity contribution >= 4 is 34.6 Å². The molecule has 0 radical (unpaired) electrons. The Kier molecular flexibility index (Phi) is 5.66. The largest absolute Gasteiger partial charge is 0.368 e. The number of hydrogen-bond donors (Lipinski definition) is 0. The van der Waals surface area contributed by atoms with E-state index >= 15 is 0 Å². The Morgan fingerprint density at radius 1 is 1.07 bits per heavy atom. The highest BCUT2D eigenvalue weighted by Gasteiger charge is 2.22. The summed E-state index contributed by atoms with van der Waals surface area (Å²) < 4.78 is 5.38. The molecule has 0 unspecified atom stereocenters. The number of nitrogens with zero attached hydrogens (tertiary/aromatic N) is 5. The van der Waals surface area contributed by atoms with E-state index in [0.717, 1.165) is 37.4 Å². The molecule has 1 saturated heterocycles. The Balaban J connectivity index is 1.36. The summed E-state index contributed by atoms with van der Waals surface area (Å²) in [7, 11) is 0. The fraction of sp³-hybridized carbons (Fsp3) is 0.263. The summed E-state index contributed by atoms with van der Waals surface area (Å²) in [4.78, 5) is 19.2. The number of piperazine rings is 1. The Bertz CT molecular complexity index is 1020. The van der Waals surface area contributed by atoms with Gasteiger partial charge in [-0.3, -0.25) is 15.0 Å². The predicted molar refractivity (Wildman–Crippen MR) is 110 cm³/mol. The predicted octanol–water partition coefficient (Wildman–Crippen LogP) is 4.27. The van der Waals surface area contributed by atoms with Crippen molar-refractivity contribution in [1.82, 2.24) is 15.0 Å². The smallest absolute Gasteiger partial charge is 0.271 e. The first-order valence-corrected chi connectivity index (χ1v) is 9.75. The second kappa shape index (κ2) is 8.36. The number of anilines is 1. The highest BCUT2D eigenvalue weighted by atomic mass is 35.5.